The van der Waals surface area contributed by atoms with Crippen LogP contribution in [0.15, 0.2) is 36.9 Å². The second-order valence-electron chi connectivity index (χ2n) is 4.70. The molecule has 0 heterocycles. The molecule has 0 bridgehead atoms. The highest BCUT2D eigenvalue weighted by Gasteiger charge is 2.08. The van der Waals surface area contributed by atoms with Crippen LogP contribution in [0.4, 0.5) is 0 Å². The average molecular weight is 290 g/mol. The minimum atomic E-state index is 0.198. The van der Waals surface area contributed by atoms with Crippen LogP contribution in [-0.2, 0) is 11.3 Å². The van der Waals surface area contributed by atoms with Crippen LogP contribution in [0.3, 0.4) is 0 Å². The standard InChI is InChI=1S/C17H26N2O2/c1-4-13-21-16-10-8-7-9-15(16)14-18-12-11-17(20)19(5-2)6-3/h4,7-10,18H,1,5-6,11-14H2,2-3H3. The zero-order valence-corrected chi connectivity index (χ0v) is 13.1. The lowest BCUT2D eigenvalue weighted by Crippen LogP contribution is -2.32. The van der Waals surface area contributed by atoms with Crippen molar-refractivity contribution < 1.29 is 9.53 Å². The zero-order valence-electron chi connectivity index (χ0n) is 13.1. The Morgan fingerprint density at radius 2 is 2.05 bits per heavy atom. The molecule has 0 saturated carbocycles. The maximum absolute atomic E-state index is 11.9. The summed E-state index contributed by atoms with van der Waals surface area (Å²) in [5.41, 5.74) is 1.09. The number of para-hydroxylation sites is 1. The number of hydrogen-bond donors (Lipinski definition) is 1. The molecule has 116 valence electrons. The summed E-state index contributed by atoms with van der Waals surface area (Å²) in [6.07, 6.45) is 2.25. The third kappa shape index (κ3) is 6.00. The first-order chi connectivity index (χ1) is 10.2. The number of nitrogens with zero attached hydrogens (tertiary/aromatic N) is 1. The minimum absolute atomic E-state index is 0.198. The number of nitrogens with one attached hydrogen (secondary N) is 1. The van der Waals surface area contributed by atoms with Crippen LogP contribution in [0, 0.1) is 0 Å². The lowest BCUT2D eigenvalue weighted by molar-refractivity contribution is -0.130. The van der Waals surface area contributed by atoms with Crippen LogP contribution < -0.4 is 10.1 Å². The Bertz CT molecular complexity index is 442. The van der Waals surface area contributed by atoms with Gasteiger partial charge < -0.3 is 15.0 Å². The summed E-state index contributed by atoms with van der Waals surface area (Å²) >= 11 is 0. The molecule has 1 N–H and O–H groups in total. The number of hydrogen-bond acceptors (Lipinski definition) is 3. The molecule has 0 atom stereocenters. The smallest absolute Gasteiger partial charge is 0.223 e. The quantitative estimate of drug-likeness (QED) is 0.532. The summed E-state index contributed by atoms with van der Waals surface area (Å²) in [6, 6.07) is 7.91. The van der Waals surface area contributed by atoms with Gasteiger partial charge in [-0.25, -0.2) is 0 Å². The van der Waals surface area contributed by atoms with E-state index in [1.165, 1.54) is 0 Å². The van der Waals surface area contributed by atoms with Crippen molar-refractivity contribution in [3.05, 3.63) is 42.5 Å². The average Bonchev–Trinajstić information content (AvgIpc) is 2.51. The predicted molar refractivity (Wildman–Crippen MR) is 86.4 cm³/mol. The van der Waals surface area contributed by atoms with E-state index < -0.39 is 0 Å². The van der Waals surface area contributed by atoms with Gasteiger partial charge in [0.15, 0.2) is 0 Å². The number of carbonyl (C=O) groups excluding carboxylic acids is 1. The molecule has 1 amide bonds. The van der Waals surface area contributed by atoms with E-state index in [2.05, 4.69) is 11.9 Å². The fourth-order valence-corrected chi connectivity index (χ4v) is 2.09. The molecule has 4 nitrogen and oxygen atoms in total. The number of carbonyl (C=O) groups is 1. The summed E-state index contributed by atoms with van der Waals surface area (Å²) in [7, 11) is 0. The second-order valence-corrected chi connectivity index (χ2v) is 4.70. The van der Waals surface area contributed by atoms with E-state index >= 15 is 0 Å². The highest BCUT2D eigenvalue weighted by Crippen LogP contribution is 2.17. The van der Waals surface area contributed by atoms with Crippen molar-refractivity contribution in [1.82, 2.24) is 10.2 Å². The molecule has 0 aliphatic rings. The fraction of sp³-hybridized carbons (Fsp3) is 0.471. The summed E-state index contributed by atoms with van der Waals surface area (Å²) in [5.74, 6) is 1.06. The molecular weight excluding hydrogens is 264 g/mol. The van der Waals surface area contributed by atoms with E-state index in [9.17, 15) is 4.79 Å². The monoisotopic (exact) mass is 290 g/mol. The van der Waals surface area contributed by atoms with Crippen molar-refractivity contribution in [3.63, 3.8) is 0 Å². The highest BCUT2D eigenvalue weighted by molar-refractivity contribution is 5.76. The summed E-state index contributed by atoms with van der Waals surface area (Å²) in [5, 5.41) is 3.30. The van der Waals surface area contributed by atoms with Gasteiger partial charge in [0.05, 0.1) is 0 Å². The largest absolute Gasteiger partial charge is 0.489 e. The van der Waals surface area contributed by atoms with Crippen LogP contribution in [0.1, 0.15) is 25.8 Å². The van der Waals surface area contributed by atoms with Gasteiger partial charge in [0.25, 0.3) is 0 Å². The van der Waals surface area contributed by atoms with Crippen LogP contribution >= 0.6 is 0 Å². The maximum atomic E-state index is 11.9. The highest BCUT2D eigenvalue weighted by atomic mass is 16.5. The number of rotatable bonds is 10. The topological polar surface area (TPSA) is 41.6 Å². The molecule has 21 heavy (non-hydrogen) atoms. The first-order valence-corrected chi connectivity index (χ1v) is 7.53. The second kappa shape index (κ2) is 10.00. The van der Waals surface area contributed by atoms with Crippen molar-refractivity contribution in [3.8, 4) is 5.75 Å². The molecule has 0 fully saturated rings. The zero-order chi connectivity index (χ0) is 15.5. The molecule has 0 unspecified atom stereocenters. The van der Waals surface area contributed by atoms with Crippen molar-refractivity contribution in [2.75, 3.05) is 26.2 Å². The van der Waals surface area contributed by atoms with Crippen molar-refractivity contribution >= 4 is 5.91 Å². The Morgan fingerprint density at radius 1 is 1.33 bits per heavy atom. The van der Waals surface area contributed by atoms with Crippen molar-refractivity contribution in [2.24, 2.45) is 0 Å². The molecule has 1 rings (SSSR count). The molecule has 1 aromatic carbocycles. The molecule has 0 aliphatic heterocycles. The summed E-state index contributed by atoms with van der Waals surface area (Å²) < 4.78 is 5.60. The molecule has 0 saturated heterocycles. The van der Waals surface area contributed by atoms with Gasteiger partial charge in [0, 0.05) is 38.2 Å². The van der Waals surface area contributed by atoms with Crippen LogP contribution in [-0.4, -0.2) is 37.0 Å². The number of ether oxygens (including phenoxy) is 1. The molecule has 0 aromatic heterocycles. The number of benzene rings is 1. The molecule has 1 aromatic rings. The van der Waals surface area contributed by atoms with Gasteiger partial charge >= 0.3 is 0 Å². The maximum Gasteiger partial charge on any atom is 0.223 e. The van der Waals surface area contributed by atoms with E-state index in [0.29, 0.717) is 26.1 Å². The van der Waals surface area contributed by atoms with Gasteiger partial charge in [-0.1, -0.05) is 30.9 Å². The number of amides is 1. The lowest BCUT2D eigenvalue weighted by atomic mass is 10.2. The van der Waals surface area contributed by atoms with Crippen LogP contribution in [0.2, 0.25) is 0 Å². The van der Waals surface area contributed by atoms with E-state index in [-0.39, 0.29) is 5.91 Å². The van der Waals surface area contributed by atoms with Gasteiger partial charge in [-0.2, -0.15) is 0 Å². The van der Waals surface area contributed by atoms with E-state index in [4.69, 9.17) is 4.74 Å². The molecule has 0 radical (unpaired) electrons. The third-order valence-corrected chi connectivity index (χ3v) is 3.28. The Kier molecular flexibility index (Phi) is 8.21. The Labute approximate surface area is 127 Å². The Balaban J connectivity index is 2.39. The van der Waals surface area contributed by atoms with E-state index in [1.54, 1.807) is 6.08 Å². The van der Waals surface area contributed by atoms with Gasteiger partial charge in [-0.3, -0.25) is 4.79 Å². The van der Waals surface area contributed by atoms with Gasteiger partial charge in [0.2, 0.25) is 5.91 Å². The minimum Gasteiger partial charge on any atom is -0.489 e. The predicted octanol–water partition coefficient (Wildman–Crippen LogP) is 2.60. The van der Waals surface area contributed by atoms with E-state index in [1.807, 2.05) is 43.0 Å². The SMILES string of the molecule is C=CCOc1ccccc1CNCCC(=O)N(CC)CC. The summed E-state index contributed by atoms with van der Waals surface area (Å²) in [6.45, 7) is 11.1. The Hall–Kier alpha value is -1.81. The van der Waals surface area contributed by atoms with Crippen LogP contribution in [0.5, 0.6) is 5.75 Å². The van der Waals surface area contributed by atoms with Gasteiger partial charge in [-0.05, 0) is 19.9 Å². The lowest BCUT2D eigenvalue weighted by Gasteiger charge is -2.18. The molecule has 0 aliphatic carbocycles. The first-order valence-electron chi connectivity index (χ1n) is 7.53. The Morgan fingerprint density at radius 3 is 2.71 bits per heavy atom. The van der Waals surface area contributed by atoms with Crippen molar-refractivity contribution in [2.45, 2.75) is 26.8 Å². The fourth-order valence-electron chi connectivity index (χ4n) is 2.09. The third-order valence-electron chi connectivity index (χ3n) is 3.28. The van der Waals surface area contributed by atoms with Gasteiger partial charge in [0.1, 0.15) is 12.4 Å². The molecule has 4 heteroatoms. The van der Waals surface area contributed by atoms with Crippen molar-refractivity contribution in [1.29, 1.82) is 0 Å². The summed E-state index contributed by atoms with van der Waals surface area (Å²) in [4.78, 5) is 13.7. The van der Waals surface area contributed by atoms with Gasteiger partial charge in [-0.15, -0.1) is 0 Å². The van der Waals surface area contributed by atoms with Crippen LogP contribution in [0.25, 0.3) is 0 Å². The molecule has 0 spiro atoms. The van der Waals surface area contributed by atoms with E-state index in [0.717, 1.165) is 24.4 Å². The molecular formula is C17H26N2O2. The first kappa shape index (κ1) is 17.2. The normalized spacial score (nSPS) is 10.2.